The lowest BCUT2D eigenvalue weighted by molar-refractivity contribution is -0.370. The summed E-state index contributed by atoms with van der Waals surface area (Å²) in [5.41, 5.74) is 3.08. The van der Waals surface area contributed by atoms with Gasteiger partial charge in [-0.15, -0.1) is 0 Å². The third-order valence-corrected chi connectivity index (χ3v) is 12.1. The van der Waals surface area contributed by atoms with Crippen molar-refractivity contribution >= 4 is 0 Å². The molecule has 0 amide bonds. The summed E-state index contributed by atoms with van der Waals surface area (Å²) in [7, 11) is 1.88. The Hall–Kier alpha value is -1.24. The molecule has 11 unspecified atom stereocenters. The number of methoxy groups -OCH3 is 2. The van der Waals surface area contributed by atoms with E-state index in [2.05, 4.69) is 0 Å². The van der Waals surface area contributed by atoms with Gasteiger partial charge in [0.1, 0.15) is 72.7 Å². The molecule has 25 atom stereocenters. The maximum absolute atomic E-state index is 11.9. The van der Waals surface area contributed by atoms with Crippen LogP contribution in [0.25, 0.3) is 0 Å². The minimum Gasteiger partial charge on any atom is -0.394 e. The summed E-state index contributed by atoms with van der Waals surface area (Å²) in [5, 5.41) is 221. The van der Waals surface area contributed by atoms with E-state index < -0.39 is 225 Å². The van der Waals surface area contributed by atoms with E-state index in [9.17, 15) is 102 Å². The number of aliphatic hydroxyl groups excluding tert-OH is 21. The zero-order valence-electron chi connectivity index (χ0n) is 39.9. The van der Waals surface area contributed by atoms with E-state index in [0.717, 1.165) is 14.2 Å². The van der Waals surface area contributed by atoms with Crippen molar-refractivity contribution in [2.45, 2.75) is 192 Å². The minimum atomic E-state index is -2.38. The molecule has 2 rings (SSSR count). The maximum atomic E-state index is 11.9. The molecule has 0 aromatic rings. The molecule has 31 nitrogen and oxygen atoms in total. The van der Waals surface area contributed by atoms with Gasteiger partial charge in [0.15, 0.2) is 31.5 Å². The van der Waals surface area contributed by atoms with Crippen LogP contribution in [0.2, 0.25) is 0 Å². The van der Waals surface area contributed by atoms with Crippen LogP contribution in [0.4, 0.5) is 0 Å². The largest absolute Gasteiger partial charge is 0.394 e. The van der Waals surface area contributed by atoms with E-state index >= 15 is 0 Å². The Morgan fingerprint density at radius 2 is 1.10 bits per heavy atom. The van der Waals surface area contributed by atoms with Crippen molar-refractivity contribution in [2.75, 3.05) is 67.0 Å². The van der Waals surface area contributed by atoms with Gasteiger partial charge >= 0.3 is 0 Å². The highest BCUT2D eigenvalue weighted by molar-refractivity contribution is 4.99. The van der Waals surface area contributed by atoms with Crippen molar-refractivity contribution in [1.29, 1.82) is 0 Å². The molecule has 31 heteroatoms. The topological polar surface area (TPSA) is 534 Å². The first kappa shape index (κ1) is 66.9. The van der Waals surface area contributed by atoms with Gasteiger partial charge in [-0.05, 0) is 13.0 Å². The van der Waals surface area contributed by atoms with Crippen LogP contribution in [-0.2, 0) is 42.6 Å². The van der Waals surface area contributed by atoms with Crippen LogP contribution in [0, 0.1) is 0 Å². The fourth-order valence-corrected chi connectivity index (χ4v) is 7.89. The first-order valence-corrected chi connectivity index (χ1v) is 23.2. The molecule has 23 N–H and O–H groups in total. The van der Waals surface area contributed by atoms with Crippen molar-refractivity contribution in [3.05, 3.63) is 0 Å². The van der Waals surface area contributed by atoms with E-state index in [1.54, 1.807) is 0 Å². The molecule has 2 heterocycles. The molecule has 0 radical (unpaired) electrons. The molecule has 0 spiro atoms. The molecule has 430 valence electrons. The van der Waals surface area contributed by atoms with Crippen molar-refractivity contribution < 1.29 is 150 Å². The lowest BCUT2D eigenvalue weighted by Crippen LogP contribution is -2.65. The van der Waals surface area contributed by atoms with Crippen LogP contribution in [0.5, 0.6) is 0 Å². The quantitative estimate of drug-likeness (QED) is 0.0203. The smallest absolute Gasteiger partial charge is 0.187 e. The van der Waals surface area contributed by atoms with Crippen LogP contribution in [0.15, 0.2) is 0 Å². The third kappa shape index (κ3) is 19.0. The molecule has 72 heavy (non-hydrogen) atoms. The van der Waals surface area contributed by atoms with Crippen molar-refractivity contribution in [2.24, 2.45) is 5.73 Å². The number of hydrogen-bond acceptors (Lipinski definition) is 31. The fraction of sp³-hybridized carbons (Fsp3) is 1.00. The minimum absolute atomic E-state index is 0.129. The van der Waals surface area contributed by atoms with E-state index in [-0.39, 0.29) is 19.6 Å². The lowest BCUT2D eigenvalue weighted by atomic mass is 9.85. The summed E-state index contributed by atoms with van der Waals surface area (Å²) in [6.45, 7) is -6.07. The molecule has 0 aliphatic carbocycles. The summed E-state index contributed by atoms with van der Waals surface area (Å²) >= 11 is 0. The Morgan fingerprint density at radius 3 is 1.58 bits per heavy atom. The second kappa shape index (κ2) is 33.1. The van der Waals surface area contributed by atoms with E-state index in [1.807, 2.05) is 0 Å². The summed E-state index contributed by atoms with van der Waals surface area (Å²) in [6.07, 6.45) is -51.1. The third-order valence-electron chi connectivity index (χ3n) is 12.1. The average molecular weight is 1070 g/mol. The SMILES string of the molecule is CO[C@H](OC1CC(CO)([C@H](O)CO)O[C@H](OC(C(O)[C@H](OC)OC2C[C@@H](OC(C(O)[C@H](O)OCCCN)[C@H](O)C[C@H](O)CO)OC([C@H](O)CO)[C@H]2O)[C@H](O)C[C@H](O)CO)C1O)C(O)C(O)[C@H](O)C[C@H](O)CO. The van der Waals surface area contributed by atoms with Gasteiger partial charge in [-0.25, -0.2) is 0 Å². The Labute approximate surface area is 413 Å². The van der Waals surface area contributed by atoms with E-state index in [4.69, 9.17) is 53.5 Å². The summed E-state index contributed by atoms with van der Waals surface area (Å²) in [6, 6.07) is 0. The van der Waals surface area contributed by atoms with Crippen LogP contribution in [0.3, 0.4) is 0 Å². The normalized spacial score (nSPS) is 31.4. The zero-order chi connectivity index (χ0) is 54.6. The van der Waals surface area contributed by atoms with Gasteiger partial charge in [-0.3, -0.25) is 0 Å². The van der Waals surface area contributed by atoms with Crippen molar-refractivity contribution in [1.82, 2.24) is 0 Å². The Kier molecular flexibility index (Phi) is 30.8. The molecule has 2 saturated heterocycles. The van der Waals surface area contributed by atoms with Gasteiger partial charge in [0.2, 0.25) is 0 Å². The zero-order valence-corrected chi connectivity index (χ0v) is 39.9. The van der Waals surface area contributed by atoms with Gasteiger partial charge in [0.25, 0.3) is 0 Å². The monoisotopic (exact) mass is 1070 g/mol. The van der Waals surface area contributed by atoms with Crippen LogP contribution >= 0.6 is 0 Å². The summed E-state index contributed by atoms with van der Waals surface area (Å²) in [5.74, 6) is 0. The molecule has 0 aromatic heterocycles. The predicted octanol–water partition coefficient (Wildman–Crippen LogP) is -12.1. The highest BCUT2D eigenvalue weighted by Gasteiger charge is 2.55. The van der Waals surface area contributed by atoms with E-state index in [0.29, 0.717) is 0 Å². The van der Waals surface area contributed by atoms with Gasteiger partial charge in [-0.2, -0.15) is 0 Å². The molecular weight excluding hydrogens is 986 g/mol. The van der Waals surface area contributed by atoms with Gasteiger partial charge < -0.3 is 156 Å². The number of hydrogen-bond donors (Lipinski definition) is 22. The molecule has 2 aliphatic rings. The molecule has 2 fully saturated rings. The van der Waals surface area contributed by atoms with Gasteiger partial charge in [-0.1, -0.05) is 0 Å². The van der Waals surface area contributed by atoms with Gasteiger partial charge in [0, 0.05) is 46.3 Å². The molecule has 0 aromatic carbocycles. The van der Waals surface area contributed by atoms with Crippen molar-refractivity contribution in [3.8, 4) is 0 Å². The molecule has 0 bridgehead atoms. The van der Waals surface area contributed by atoms with Gasteiger partial charge in [0.05, 0.1) is 95.1 Å². The van der Waals surface area contributed by atoms with E-state index in [1.165, 1.54) is 0 Å². The Morgan fingerprint density at radius 1 is 0.583 bits per heavy atom. The first-order chi connectivity index (χ1) is 34.0. The van der Waals surface area contributed by atoms with Crippen molar-refractivity contribution in [3.63, 3.8) is 0 Å². The fourth-order valence-electron chi connectivity index (χ4n) is 7.89. The molecule has 2 aliphatic heterocycles. The predicted molar refractivity (Wildman–Crippen MR) is 233 cm³/mol. The number of ether oxygens (including phenoxy) is 9. The Bertz CT molecular complexity index is 1420. The molecule has 0 saturated carbocycles. The number of nitrogens with two attached hydrogens (primary N) is 1. The summed E-state index contributed by atoms with van der Waals surface area (Å²) < 4.78 is 50.5. The van der Waals surface area contributed by atoms with Crippen LogP contribution < -0.4 is 5.73 Å². The number of aliphatic hydroxyl groups is 21. The highest BCUT2D eigenvalue weighted by Crippen LogP contribution is 2.37. The molecular formula is C41H81NO30. The van der Waals surface area contributed by atoms with Crippen LogP contribution in [-0.4, -0.2) is 327 Å². The maximum Gasteiger partial charge on any atom is 0.187 e. The number of rotatable bonds is 37. The lowest BCUT2D eigenvalue weighted by Gasteiger charge is -2.49. The highest BCUT2D eigenvalue weighted by atomic mass is 16.8. The second-order valence-electron chi connectivity index (χ2n) is 17.7. The summed E-state index contributed by atoms with van der Waals surface area (Å²) in [4.78, 5) is 0. The Balaban J connectivity index is 2.62. The van der Waals surface area contributed by atoms with Crippen LogP contribution in [0.1, 0.15) is 38.5 Å². The standard InChI is InChI=1S/C41H81NO30/c1-64-38(31(60)28(57)20(52)6-17(49)11-43)68-25-10-41(16-48,26(56)15-47)72-40(30(25)59)71-35(22(54)8-19(51)13-45)33(62)39(65-2)67-24-9-27(70-36(29(24)58)23(55)14-46)69-34(21(53)7-18(50)12-44)32(61)37(63)66-5-3-4-42/h17-40,43-63H,3-16,42H2,1-2H3/t17-,18-,19-,20+,21+,22+,23+,24?,25?,26+,27-,28?,29-,30?,31?,32?,33?,34?,35?,36?,37+,38+,39+,40-,41?/m0/s1. The first-order valence-electron chi connectivity index (χ1n) is 23.2. The second-order valence-corrected chi connectivity index (χ2v) is 17.7. The average Bonchev–Trinajstić information content (AvgIpc) is 3.37.